The second-order valence-electron chi connectivity index (χ2n) is 8.15. The Hall–Kier alpha value is -2.86. The van der Waals surface area contributed by atoms with E-state index >= 15 is 0 Å². The zero-order chi connectivity index (χ0) is 21.8. The molecule has 6 heteroatoms. The summed E-state index contributed by atoms with van der Waals surface area (Å²) >= 11 is 1.63. The minimum absolute atomic E-state index is 0.0164. The molecule has 1 saturated heterocycles. The predicted molar refractivity (Wildman–Crippen MR) is 127 cm³/mol. The Morgan fingerprint density at radius 3 is 2.39 bits per heavy atom. The molecule has 0 saturated carbocycles. The maximum absolute atomic E-state index is 12.8. The number of nitrogens with one attached hydrogen (secondary N) is 1. The number of hydrogen-bond acceptors (Lipinski definition) is 5. The Labute approximate surface area is 188 Å². The van der Waals surface area contributed by atoms with Crippen LogP contribution in [-0.2, 0) is 4.79 Å². The standard InChI is InChI=1S/C25H28N4OS/c1-17-4-8-22(9-5-17)31-25-23(26-12-13-27-25)29-14-10-20(11-15-29)24(30)28-21-7-6-18(2)19(3)16-21/h4-9,12-13,16,20H,10-11,14-15H2,1-3H3,(H,28,30). The highest BCUT2D eigenvalue weighted by atomic mass is 32.2. The smallest absolute Gasteiger partial charge is 0.227 e. The number of rotatable bonds is 5. The first kappa shape index (κ1) is 21.4. The van der Waals surface area contributed by atoms with Gasteiger partial charge in [0.05, 0.1) is 0 Å². The molecular weight excluding hydrogens is 404 g/mol. The predicted octanol–water partition coefficient (Wildman–Crippen LogP) is 5.41. The number of carbonyl (C=O) groups is 1. The van der Waals surface area contributed by atoms with Crippen molar-refractivity contribution in [3.05, 3.63) is 71.5 Å². The van der Waals surface area contributed by atoms with Crippen LogP contribution in [0.25, 0.3) is 0 Å². The van der Waals surface area contributed by atoms with E-state index in [1.165, 1.54) is 16.7 Å². The van der Waals surface area contributed by atoms with Crippen molar-refractivity contribution in [2.24, 2.45) is 5.92 Å². The third-order valence-electron chi connectivity index (χ3n) is 5.82. The van der Waals surface area contributed by atoms with Crippen molar-refractivity contribution in [3.63, 3.8) is 0 Å². The minimum Gasteiger partial charge on any atom is -0.354 e. The molecule has 1 fully saturated rings. The summed E-state index contributed by atoms with van der Waals surface area (Å²) in [5.41, 5.74) is 4.54. The molecule has 0 aliphatic carbocycles. The summed E-state index contributed by atoms with van der Waals surface area (Å²) in [4.78, 5) is 25.4. The molecule has 0 unspecified atom stereocenters. The quantitative estimate of drug-likeness (QED) is 0.584. The van der Waals surface area contributed by atoms with Crippen LogP contribution in [0.3, 0.4) is 0 Å². The van der Waals surface area contributed by atoms with Crippen molar-refractivity contribution in [2.75, 3.05) is 23.3 Å². The lowest BCUT2D eigenvalue weighted by Gasteiger charge is -2.32. The second-order valence-corrected chi connectivity index (χ2v) is 9.21. The molecule has 0 atom stereocenters. The lowest BCUT2D eigenvalue weighted by atomic mass is 9.95. The molecule has 1 N–H and O–H groups in total. The molecule has 2 heterocycles. The summed E-state index contributed by atoms with van der Waals surface area (Å²) in [6.45, 7) is 7.82. The van der Waals surface area contributed by atoms with Gasteiger partial charge in [-0.25, -0.2) is 9.97 Å². The third kappa shape index (κ3) is 5.25. The molecule has 1 aliphatic rings. The van der Waals surface area contributed by atoms with Crippen LogP contribution in [0, 0.1) is 26.7 Å². The highest BCUT2D eigenvalue weighted by Crippen LogP contribution is 2.34. The van der Waals surface area contributed by atoms with Crippen molar-refractivity contribution in [1.82, 2.24) is 9.97 Å². The van der Waals surface area contributed by atoms with Gasteiger partial charge >= 0.3 is 0 Å². The van der Waals surface area contributed by atoms with Crippen LogP contribution >= 0.6 is 11.8 Å². The maximum Gasteiger partial charge on any atom is 0.227 e. The van der Waals surface area contributed by atoms with E-state index in [4.69, 9.17) is 0 Å². The molecule has 4 rings (SSSR count). The van der Waals surface area contributed by atoms with Crippen LogP contribution in [0.1, 0.15) is 29.5 Å². The topological polar surface area (TPSA) is 58.1 Å². The number of hydrogen-bond donors (Lipinski definition) is 1. The normalized spacial score (nSPS) is 14.5. The average molecular weight is 433 g/mol. The van der Waals surface area contributed by atoms with Gasteiger partial charge in [-0.2, -0.15) is 0 Å². The fourth-order valence-corrected chi connectivity index (χ4v) is 4.62. The number of aryl methyl sites for hydroxylation is 3. The van der Waals surface area contributed by atoms with Crippen molar-refractivity contribution >= 4 is 29.2 Å². The first-order valence-electron chi connectivity index (χ1n) is 10.7. The monoisotopic (exact) mass is 432 g/mol. The molecule has 31 heavy (non-hydrogen) atoms. The van der Waals surface area contributed by atoms with E-state index in [2.05, 4.69) is 71.3 Å². The fourth-order valence-electron chi connectivity index (χ4n) is 3.74. The Bertz CT molecular complexity index is 1060. The van der Waals surface area contributed by atoms with Gasteiger partial charge in [-0.15, -0.1) is 0 Å². The van der Waals surface area contributed by atoms with Crippen LogP contribution in [0.5, 0.6) is 0 Å². The van der Waals surface area contributed by atoms with E-state index in [-0.39, 0.29) is 11.8 Å². The number of carbonyl (C=O) groups excluding carboxylic acids is 1. The lowest BCUT2D eigenvalue weighted by molar-refractivity contribution is -0.120. The number of piperidine rings is 1. The lowest BCUT2D eigenvalue weighted by Crippen LogP contribution is -2.38. The van der Waals surface area contributed by atoms with E-state index in [9.17, 15) is 4.79 Å². The molecule has 5 nitrogen and oxygen atoms in total. The largest absolute Gasteiger partial charge is 0.354 e. The zero-order valence-electron chi connectivity index (χ0n) is 18.3. The van der Waals surface area contributed by atoms with Crippen molar-refractivity contribution in [3.8, 4) is 0 Å². The van der Waals surface area contributed by atoms with Gasteiger partial charge in [-0.3, -0.25) is 4.79 Å². The Balaban J connectivity index is 1.39. The Kier molecular flexibility index (Phi) is 6.56. The van der Waals surface area contributed by atoms with Gasteiger partial charge in [-0.05, 0) is 69.0 Å². The van der Waals surface area contributed by atoms with Crippen molar-refractivity contribution in [1.29, 1.82) is 0 Å². The number of nitrogens with zero attached hydrogens (tertiary/aromatic N) is 3. The molecule has 0 spiro atoms. The zero-order valence-corrected chi connectivity index (χ0v) is 19.1. The van der Waals surface area contributed by atoms with Crippen molar-refractivity contribution < 1.29 is 4.79 Å². The summed E-state index contributed by atoms with van der Waals surface area (Å²) in [5, 5.41) is 4.00. The fraction of sp³-hybridized carbons (Fsp3) is 0.320. The average Bonchev–Trinajstić information content (AvgIpc) is 2.78. The van der Waals surface area contributed by atoms with E-state index in [1.54, 1.807) is 24.2 Å². The van der Waals surface area contributed by atoms with E-state index in [1.807, 2.05) is 12.1 Å². The van der Waals surface area contributed by atoms with E-state index < -0.39 is 0 Å². The molecule has 1 aromatic heterocycles. The van der Waals surface area contributed by atoms with Gasteiger partial charge in [0, 0.05) is 42.0 Å². The SMILES string of the molecule is Cc1ccc(Sc2nccnc2N2CCC(C(=O)Nc3ccc(C)c(C)c3)CC2)cc1. The molecule has 0 radical (unpaired) electrons. The van der Waals surface area contributed by atoms with Crippen molar-refractivity contribution in [2.45, 2.75) is 43.5 Å². The Morgan fingerprint density at radius 2 is 1.68 bits per heavy atom. The molecule has 2 aromatic carbocycles. The summed E-state index contributed by atoms with van der Waals surface area (Å²) in [7, 11) is 0. The van der Waals surface area contributed by atoms with Gasteiger partial charge < -0.3 is 10.2 Å². The summed E-state index contributed by atoms with van der Waals surface area (Å²) in [6.07, 6.45) is 5.10. The number of aromatic nitrogens is 2. The summed E-state index contributed by atoms with van der Waals surface area (Å²) in [6, 6.07) is 14.5. The van der Waals surface area contributed by atoms with Gasteiger partial charge in [-0.1, -0.05) is 35.5 Å². The molecule has 3 aromatic rings. The van der Waals surface area contributed by atoms with Gasteiger partial charge in [0.25, 0.3) is 0 Å². The van der Waals surface area contributed by atoms with Crippen LogP contribution < -0.4 is 10.2 Å². The van der Waals surface area contributed by atoms with Gasteiger partial charge in [0.2, 0.25) is 5.91 Å². The maximum atomic E-state index is 12.8. The first-order chi connectivity index (χ1) is 15.0. The number of anilines is 2. The van der Waals surface area contributed by atoms with Crippen LogP contribution in [0.15, 0.2) is 64.8 Å². The van der Waals surface area contributed by atoms with Crippen LogP contribution in [-0.4, -0.2) is 29.0 Å². The number of amides is 1. The highest BCUT2D eigenvalue weighted by Gasteiger charge is 2.27. The van der Waals surface area contributed by atoms with E-state index in [0.717, 1.165) is 47.4 Å². The minimum atomic E-state index is 0.0164. The highest BCUT2D eigenvalue weighted by molar-refractivity contribution is 7.99. The van der Waals surface area contributed by atoms with Crippen LogP contribution in [0.2, 0.25) is 0 Å². The molecule has 1 amide bonds. The molecule has 160 valence electrons. The molecular formula is C25H28N4OS. The Morgan fingerprint density at radius 1 is 0.968 bits per heavy atom. The second kappa shape index (κ2) is 9.52. The summed E-state index contributed by atoms with van der Waals surface area (Å²) < 4.78 is 0. The first-order valence-corrected chi connectivity index (χ1v) is 11.5. The van der Waals surface area contributed by atoms with E-state index in [0.29, 0.717) is 0 Å². The molecule has 1 aliphatic heterocycles. The van der Waals surface area contributed by atoms with Gasteiger partial charge in [0.15, 0.2) is 5.82 Å². The molecule has 0 bridgehead atoms. The number of benzene rings is 2. The summed E-state index contributed by atoms with van der Waals surface area (Å²) in [5.74, 6) is 1.03. The third-order valence-corrected chi connectivity index (χ3v) is 6.81. The van der Waals surface area contributed by atoms with Gasteiger partial charge in [0.1, 0.15) is 5.03 Å². The van der Waals surface area contributed by atoms with Crippen LogP contribution in [0.4, 0.5) is 11.5 Å².